The second-order valence-electron chi connectivity index (χ2n) is 11.7. The average Bonchev–Trinajstić information content (AvgIpc) is 3.34. The van der Waals surface area contributed by atoms with Gasteiger partial charge in [-0.1, -0.05) is 12.1 Å². The summed E-state index contributed by atoms with van der Waals surface area (Å²) in [6.45, 7) is 13.8. The van der Waals surface area contributed by atoms with Crippen molar-refractivity contribution < 1.29 is 33.1 Å². The fourth-order valence-corrected chi connectivity index (χ4v) is 4.13. The molecule has 1 aliphatic heterocycles. The number of esters is 1. The maximum absolute atomic E-state index is 12.8. The molecule has 1 aromatic carbocycles. The van der Waals surface area contributed by atoms with Crippen molar-refractivity contribution in [2.45, 2.75) is 116 Å². The van der Waals surface area contributed by atoms with Crippen molar-refractivity contribution in [3.63, 3.8) is 0 Å². The van der Waals surface area contributed by atoms with Crippen LogP contribution in [0.2, 0.25) is 0 Å². The monoisotopic (exact) mass is 503 g/mol. The molecule has 1 aromatic rings. The van der Waals surface area contributed by atoms with Crippen molar-refractivity contribution in [1.82, 2.24) is 5.32 Å². The van der Waals surface area contributed by atoms with Crippen molar-refractivity contribution in [3.8, 4) is 5.75 Å². The van der Waals surface area contributed by atoms with Crippen LogP contribution in [0.25, 0.3) is 0 Å². The highest BCUT2D eigenvalue weighted by Gasteiger charge is 2.51. The maximum atomic E-state index is 12.8. The van der Waals surface area contributed by atoms with Gasteiger partial charge in [-0.25, -0.2) is 9.59 Å². The molecule has 1 atom stereocenters. The Morgan fingerprint density at radius 3 is 2.19 bits per heavy atom. The smallest absolute Gasteiger partial charge is 0.494 e. The summed E-state index contributed by atoms with van der Waals surface area (Å²) in [5.41, 5.74) is -0.512. The Morgan fingerprint density at radius 1 is 1.06 bits per heavy atom. The molecule has 0 unspecified atom stereocenters. The van der Waals surface area contributed by atoms with Gasteiger partial charge < -0.3 is 28.8 Å². The number of nitrogens with one attached hydrogen (secondary N) is 1. The van der Waals surface area contributed by atoms with Gasteiger partial charge in [-0.2, -0.15) is 0 Å². The summed E-state index contributed by atoms with van der Waals surface area (Å²) < 4.78 is 29.0. The lowest BCUT2D eigenvalue weighted by molar-refractivity contribution is -0.151. The van der Waals surface area contributed by atoms with Gasteiger partial charge in [-0.05, 0) is 105 Å². The summed E-state index contributed by atoms with van der Waals surface area (Å²) >= 11 is 0. The predicted molar refractivity (Wildman–Crippen MR) is 138 cm³/mol. The summed E-state index contributed by atoms with van der Waals surface area (Å²) in [4.78, 5) is 25.1. The quantitative estimate of drug-likeness (QED) is 0.301. The van der Waals surface area contributed by atoms with Gasteiger partial charge in [-0.15, -0.1) is 0 Å². The molecule has 1 heterocycles. The highest BCUT2D eigenvalue weighted by Crippen LogP contribution is 2.36. The van der Waals surface area contributed by atoms with Gasteiger partial charge in [0.25, 0.3) is 0 Å². The Morgan fingerprint density at radius 2 is 1.64 bits per heavy atom. The Hall–Kier alpha value is -2.26. The first kappa shape index (κ1) is 28.3. The van der Waals surface area contributed by atoms with E-state index in [0.29, 0.717) is 25.2 Å². The third-order valence-electron chi connectivity index (χ3n) is 6.87. The van der Waals surface area contributed by atoms with E-state index >= 15 is 0 Å². The zero-order chi connectivity index (χ0) is 26.6. The molecule has 0 bridgehead atoms. The van der Waals surface area contributed by atoms with Gasteiger partial charge in [0.1, 0.15) is 23.5 Å². The molecule has 3 rings (SSSR count). The Bertz CT molecular complexity index is 872. The molecule has 8 nitrogen and oxygen atoms in total. The second-order valence-corrected chi connectivity index (χ2v) is 11.7. The molecule has 36 heavy (non-hydrogen) atoms. The van der Waals surface area contributed by atoms with Crippen LogP contribution in [-0.2, 0) is 23.6 Å². The molecule has 0 aromatic heterocycles. The van der Waals surface area contributed by atoms with Crippen LogP contribution in [0.15, 0.2) is 24.3 Å². The number of ether oxygens (including phenoxy) is 3. The van der Waals surface area contributed by atoms with Gasteiger partial charge in [-0.3, -0.25) is 0 Å². The van der Waals surface area contributed by atoms with E-state index in [1.165, 1.54) is 0 Å². The predicted octanol–water partition coefficient (Wildman–Crippen LogP) is 4.52. The fourth-order valence-electron chi connectivity index (χ4n) is 4.13. The van der Waals surface area contributed by atoms with E-state index in [2.05, 4.69) is 5.32 Å². The van der Waals surface area contributed by atoms with Gasteiger partial charge in [0.05, 0.1) is 17.8 Å². The summed E-state index contributed by atoms with van der Waals surface area (Å²) in [7, 11) is -0.422. The van der Waals surface area contributed by atoms with E-state index in [-0.39, 0.29) is 6.10 Å². The van der Waals surface area contributed by atoms with Crippen LogP contribution in [0.4, 0.5) is 4.79 Å². The third kappa shape index (κ3) is 7.87. The summed E-state index contributed by atoms with van der Waals surface area (Å²) in [6.07, 6.45) is 4.10. The summed E-state index contributed by atoms with van der Waals surface area (Å²) in [5.74, 6) is 0.292. The summed E-state index contributed by atoms with van der Waals surface area (Å²) in [5, 5.41) is 2.68. The van der Waals surface area contributed by atoms with Crippen LogP contribution >= 0.6 is 0 Å². The van der Waals surface area contributed by atoms with Gasteiger partial charge in [0.15, 0.2) is 0 Å². The molecule has 2 fully saturated rings. The molecule has 200 valence electrons. The lowest BCUT2D eigenvalue weighted by atomic mass is 9.79. The first-order valence-corrected chi connectivity index (χ1v) is 13.0. The number of amides is 1. The lowest BCUT2D eigenvalue weighted by Gasteiger charge is -2.32. The van der Waals surface area contributed by atoms with E-state index in [1.54, 1.807) is 20.8 Å². The second kappa shape index (κ2) is 11.4. The topological polar surface area (TPSA) is 92.3 Å². The fraction of sp³-hybridized carbons (Fsp3) is 0.704. The first-order chi connectivity index (χ1) is 16.8. The normalized spacial score (nSPS) is 20.1. The van der Waals surface area contributed by atoms with E-state index in [4.69, 9.17) is 23.5 Å². The highest BCUT2D eigenvalue weighted by atomic mass is 16.7. The van der Waals surface area contributed by atoms with E-state index in [0.717, 1.165) is 31.1 Å². The molecule has 1 amide bonds. The largest absolute Gasteiger partial charge is 0.494 e. The molecule has 1 saturated heterocycles. The number of benzene rings is 1. The highest BCUT2D eigenvalue weighted by molar-refractivity contribution is 6.62. The Balaban J connectivity index is 1.50. The third-order valence-corrected chi connectivity index (χ3v) is 6.87. The van der Waals surface area contributed by atoms with Crippen LogP contribution in [-0.4, -0.2) is 54.7 Å². The van der Waals surface area contributed by atoms with Crippen molar-refractivity contribution in [2.75, 3.05) is 6.61 Å². The van der Waals surface area contributed by atoms with E-state index in [1.807, 2.05) is 52.0 Å². The molecule has 9 heteroatoms. The molecule has 1 N–H and O–H groups in total. The zero-order valence-corrected chi connectivity index (χ0v) is 22.8. The minimum Gasteiger partial charge on any atom is -0.494 e. The molecule has 1 aliphatic carbocycles. The number of hydrogen-bond acceptors (Lipinski definition) is 7. The molecule has 0 radical (unpaired) electrons. The van der Waals surface area contributed by atoms with E-state index < -0.39 is 42.0 Å². The zero-order valence-electron chi connectivity index (χ0n) is 22.8. The van der Waals surface area contributed by atoms with Gasteiger partial charge in [0, 0.05) is 0 Å². The van der Waals surface area contributed by atoms with Gasteiger partial charge >= 0.3 is 19.2 Å². The van der Waals surface area contributed by atoms with Crippen molar-refractivity contribution in [3.05, 3.63) is 24.3 Å². The van der Waals surface area contributed by atoms with Crippen molar-refractivity contribution in [1.29, 1.82) is 0 Å². The number of alkyl carbamates (subject to hydrolysis) is 1. The average molecular weight is 503 g/mol. The van der Waals surface area contributed by atoms with Crippen LogP contribution < -0.4 is 15.5 Å². The van der Waals surface area contributed by atoms with E-state index in [9.17, 15) is 9.59 Å². The molecule has 1 saturated carbocycles. The van der Waals surface area contributed by atoms with Gasteiger partial charge in [0.2, 0.25) is 0 Å². The van der Waals surface area contributed by atoms with Crippen LogP contribution in [0, 0.1) is 0 Å². The van der Waals surface area contributed by atoms with Crippen LogP contribution in [0.5, 0.6) is 5.75 Å². The Kier molecular flexibility index (Phi) is 8.99. The Labute approximate surface area is 215 Å². The van der Waals surface area contributed by atoms with Crippen molar-refractivity contribution >= 4 is 24.6 Å². The minimum atomic E-state index is -0.783. The maximum Gasteiger partial charge on any atom is 0.494 e. The van der Waals surface area contributed by atoms with Crippen molar-refractivity contribution in [2.24, 2.45) is 0 Å². The first-order valence-electron chi connectivity index (χ1n) is 13.0. The lowest BCUT2D eigenvalue weighted by Crippen LogP contribution is -2.45. The van der Waals surface area contributed by atoms with Crippen LogP contribution in [0.3, 0.4) is 0 Å². The molecule has 2 aliphatic rings. The number of carbonyl (C=O) groups is 2. The number of hydrogen-bond donors (Lipinski definition) is 1. The standard InChI is InChI=1S/C27H42BNO7/c1-25(2,3)34-24(31)29-22(23(30)33-21-11-8-9-12-21)13-10-18-32-20-16-14-19(15-17-20)28-35-26(4,5)27(6,7)36-28/h14-17,21-22H,8-13,18H2,1-7H3,(H,29,31)/t22-/m1/s1. The minimum absolute atomic E-state index is 0.0702. The SMILES string of the molecule is CC(C)(C)OC(=O)N[C@H](CCCOc1ccc(B2OC(C)(C)C(C)(C)O2)cc1)C(=O)OC1CCCC1. The molecular weight excluding hydrogens is 461 g/mol. The molecule has 0 spiro atoms. The molecular formula is C27H42BNO7. The number of carbonyl (C=O) groups excluding carboxylic acids is 2. The number of rotatable bonds is 9. The summed E-state index contributed by atoms with van der Waals surface area (Å²) in [6, 6.07) is 6.85. The van der Waals surface area contributed by atoms with Crippen LogP contribution in [0.1, 0.15) is 87.0 Å².